The van der Waals surface area contributed by atoms with Crippen LogP contribution in [0.15, 0.2) is 66.7 Å². The maximum absolute atomic E-state index is 13.7. The Labute approximate surface area is 220 Å². The zero-order valence-electron chi connectivity index (χ0n) is 20.8. The van der Waals surface area contributed by atoms with Gasteiger partial charge in [0.15, 0.2) is 0 Å². The first-order valence-electron chi connectivity index (χ1n) is 12.4. The first-order chi connectivity index (χ1) is 17.8. The smallest absolute Gasteiger partial charge is 0.326 e. The predicted molar refractivity (Wildman–Crippen MR) is 150 cm³/mol. The summed E-state index contributed by atoms with van der Waals surface area (Å²) in [6, 6.07) is 19.9. The highest BCUT2D eigenvalue weighted by atomic mass is 32.2. The molecule has 0 spiro atoms. The van der Waals surface area contributed by atoms with Gasteiger partial charge in [0, 0.05) is 39.8 Å². The second kappa shape index (κ2) is 12.0. The fraction of sp³-hybridized carbons (Fsp3) is 0.286. The van der Waals surface area contributed by atoms with Gasteiger partial charge in [0.05, 0.1) is 5.69 Å². The molecule has 3 aromatic carbocycles. The van der Waals surface area contributed by atoms with Crippen molar-refractivity contribution in [1.82, 2.24) is 0 Å². The second-order valence-corrected chi connectivity index (χ2v) is 10.00. The molecular weight excluding hydrogens is 486 g/mol. The molecule has 4 rings (SSSR count). The van der Waals surface area contributed by atoms with Crippen LogP contribution in [0.2, 0.25) is 0 Å². The van der Waals surface area contributed by atoms with Gasteiger partial charge >= 0.3 is 6.03 Å². The van der Waals surface area contributed by atoms with Gasteiger partial charge in [-0.25, -0.2) is 4.79 Å². The molecule has 5 N–H and O–H groups in total. The summed E-state index contributed by atoms with van der Waals surface area (Å²) >= 11 is -2.43. The van der Waals surface area contributed by atoms with Crippen molar-refractivity contribution < 1.29 is 13.6 Å². The van der Waals surface area contributed by atoms with Gasteiger partial charge < -0.3 is 20.3 Å². The number of benzene rings is 3. The van der Waals surface area contributed by atoms with Crippen molar-refractivity contribution in [2.45, 2.75) is 51.5 Å². The molecule has 1 aliphatic carbocycles. The number of carbonyl (C=O) groups excluding carboxylic acids is 1. The molecule has 0 radical (unpaired) electrons. The standard InChI is InChI=1S/C28H33N5O3S/c1-19-17-20(24-13-6-7-14-26(24)32-37(35)36)15-16-25(19)31-28(34)33(22-10-4-2-3-5-11-22)23-12-8-9-21(18-23)27(29)30/h6-9,12-18,22,32H,2-5,10-11H2,1H3,(H3,29,30)(H,31,34)(H,35,36)/p-1. The summed E-state index contributed by atoms with van der Waals surface area (Å²) in [6.07, 6.45) is 6.29. The molecule has 0 bridgehead atoms. The van der Waals surface area contributed by atoms with Crippen LogP contribution in [0.1, 0.15) is 49.7 Å². The molecule has 9 heteroatoms. The largest absolute Gasteiger partial charge is 0.755 e. The van der Waals surface area contributed by atoms with Crippen LogP contribution in [-0.4, -0.2) is 26.7 Å². The highest BCUT2D eigenvalue weighted by Crippen LogP contribution is 2.32. The van der Waals surface area contributed by atoms with E-state index in [-0.39, 0.29) is 17.9 Å². The van der Waals surface area contributed by atoms with Gasteiger partial charge in [-0.1, -0.05) is 62.1 Å². The fourth-order valence-electron chi connectivity index (χ4n) is 4.89. The Bertz CT molecular complexity index is 1300. The summed E-state index contributed by atoms with van der Waals surface area (Å²) < 4.78 is 24.8. The van der Waals surface area contributed by atoms with Crippen LogP contribution in [0.25, 0.3) is 11.1 Å². The Hall–Kier alpha value is -3.69. The maximum atomic E-state index is 13.7. The van der Waals surface area contributed by atoms with Gasteiger partial charge in [-0.2, -0.15) is 0 Å². The van der Waals surface area contributed by atoms with E-state index in [1.807, 2.05) is 54.3 Å². The highest BCUT2D eigenvalue weighted by molar-refractivity contribution is 7.80. The molecule has 1 saturated carbocycles. The molecule has 1 aliphatic rings. The molecule has 3 aromatic rings. The van der Waals surface area contributed by atoms with E-state index >= 15 is 0 Å². The maximum Gasteiger partial charge on any atom is 0.326 e. The average Bonchev–Trinajstić information content (AvgIpc) is 3.15. The number of nitrogen functional groups attached to an aromatic ring is 1. The molecule has 1 atom stereocenters. The van der Waals surface area contributed by atoms with Gasteiger partial charge in [-0.15, -0.1) is 0 Å². The first kappa shape index (κ1) is 26.4. The molecule has 2 amide bonds. The number of nitrogens with zero attached hydrogens (tertiary/aromatic N) is 1. The number of amidine groups is 1. The number of carbonyl (C=O) groups is 1. The predicted octanol–water partition coefficient (Wildman–Crippen LogP) is 5.91. The van der Waals surface area contributed by atoms with E-state index in [0.717, 1.165) is 60.9 Å². The van der Waals surface area contributed by atoms with E-state index in [2.05, 4.69) is 10.0 Å². The summed E-state index contributed by atoms with van der Waals surface area (Å²) in [5, 5.41) is 10.9. The lowest BCUT2D eigenvalue weighted by Gasteiger charge is -2.32. The molecule has 1 fully saturated rings. The average molecular weight is 519 g/mol. The highest BCUT2D eigenvalue weighted by Gasteiger charge is 2.27. The number of hydrogen-bond acceptors (Lipinski definition) is 4. The van der Waals surface area contributed by atoms with Crippen LogP contribution < -0.4 is 20.7 Å². The lowest BCUT2D eigenvalue weighted by molar-refractivity contribution is 0.254. The van der Waals surface area contributed by atoms with Crippen LogP contribution in [-0.2, 0) is 11.3 Å². The monoisotopic (exact) mass is 518 g/mol. The molecule has 194 valence electrons. The topological polar surface area (TPSA) is 134 Å². The Balaban J connectivity index is 1.63. The minimum atomic E-state index is -2.43. The van der Waals surface area contributed by atoms with Crippen LogP contribution in [0.5, 0.6) is 0 Å². The van der Waals surface area contributed by atoms with Crippen molar-refractivity contribution in [2.75, 3.05) is 14.9 Å². The van der Waals surface area contributed by atoms with Crippen LogP contribution >= 0.6 is 0 Å². The number of aryl methyl sites for hydroxylation is 1. The number of para-hydroxylation sites is 1. The number of anilines is 3. The molecule has 0 aromatic heterocycles. The third kappa shape index (κ3) is 6.55. The van der Waals surface area contributed by atoms with Gasteiger partial charge in [0.25, 0.3) is 0 Å². The fourth-order valence-corrected chi connectivity index (χ4v) is 5.25. The lowest BCUT2D eigenvalue weighted by Crippen LogP contribution is -2.43. The van der Waals surface area contributed by atoms with E-state index in [1.54, 1.807) is 24.3 Å². The Morgan fingerprint density at radius 3 is 2.41 bits per heavy atom. The minimum Gasteiger partial charge on any atom is -0.755 e. The molecule has 37 heavy (non-hydrogen) atoms. The SMILES string of the molecule is Cc1cc(-c2ccccc2NS(=O)[O-])ccc1NC(=O)N(c1cccc(C(=N)N)c1)C1CCCCCC1. The van der Waals surface area contributed by atoms with Crippen molar-refractivity contribution in [3.05, 3.63) is 77.9 Å². The number of hydrogen-bond donors (Lipinski definition) is 4. The summed E-state index contributed by atoms with van der Waals surface area (Å²) in [7, 11) is 0. The normalized spacial score (nSPS) is 14.9. The van der Waals surface area contributed by atoms with Gasteiger partial charge in [-0.05, 0) is 61.2 Å². The van der Waals surface area contributed by atoms with Crippen LogP contribution in [0, 0.1) is 12.3 Å². The lowest BCUT2D eigenvalue weighted by atomic mass is 10.0. The van der Waals surface area contributed by atoms with Crippen LogP contribution in [0.3, 0.4) is 0 Å². The minimum absolute atomic E-state index is 0.0370. The summed E-state index contributed by atoms with van der Waals surface area (Å²) in [6.45, 7) is 1.91. The molecule has 1 unspecified atom stereocenters. The summed E-state index contributed by atoms with van der Waals surface area (Å²) in [5.74, 6) is -0.0370. The van der Waals surface area contributed by atoms with Crippen molar-refractivity contribution in [2.24, 2.45) is 5.73 Å². The number of urea groups is 1. The second-order valence-electron chi connectivity index (χ2n) is 9.32. The Morgan fingerprint density at radius 1 is 1.00 bits per heavy atom. The van der Waals surface area contributed by atoms with Crippen molar-refractivity contribution in [3.8, 4) is 11.1 Å². The van der Waals surface area contributed by atoms with E-state index in [0.29, 0.717) is 16.9 Å². The molecule has 0 heterocycles. The summed E-state index contributed by atoms with van der Waals surface area (Å²) in [4.78, 5) is 15.6. The van der Waals surface area contributed by atoms with Crippen molar-refractivity contribution >= 4 is 40.2 Å². The third-order valence-electron chi connectivity index (χ3n) is 6.74. The third-order valence-corrected chi connectivity index (χ3v) is 7.13. The van der Waals surface area contributed by atoms with E-state index in [9.17, 15) is 13.6 Å². The first-order valence-corrected chi connectivity index (χ1v) is 13.5. The van der Waals surface area contributed by atoms with E-state index in [1.165, 1.54) is 0 Å². The quantitative estimate of drug-likeness (QED) is 0.134. The zero-order chi connectivity index (χ0) is 26.4. The van der Waals surface area contributed by atoms with Gasteiger partial charge in [0.1, 0.15) is 5.84 Å². The number of nitrogens with one attached hydrogen (secondary N) is 3. The van der Waals surface area contributed by atoms with Crippen molar-refractivity contribution in [1.29, 1.82) is 5.41 Å². The van der Waals surface area contributed by atoms with E-state index in [4.69, 9.17) is 11.1 Å². The van der Waals surface area contributed by atoms with Gasteiger partial charge in [-0.3, -0.25) is 14.5 Å². The Morgan fingerprint density at radius 2 is 1.73 bits per heavy atom. The Kier molecular flexibility index (Phi) is 8.58. The van der Waals surface area contributed by atoms with Gasteiger partial charge in [0.2, 0.25) is 0 Å². The number of nitrogens with two attached hydrogens (primary N) is 1. The summed E-state index contributed by atoms with van der Waals surface area (Å²) in [5.41, 5.74) is 10.6. The zero-order valence-corrected chi connectivity index (χ0v) is 21.6. The number of amides is 2. The molecule has 0 aliphatic heterocycles. The number of rotatable bonds is 7. The molecule has 8 nitrogen and oxygen atoms in total. The molecule has 0 saturated heterocycles. The van der Waals surface area contributed by atoms with Crippen molar-refractivity contribution in [3.63, 3.8) is 0 Å². The van der Waals surface area contributed by atoms with Crippen LogP contribution in [0.4, 0.5) is 21.9 Å². The van der Waals surface area contributed by atoms with E-state index < -0.39 is 11.3 Å². The molecular formula is C28H32N5O3S-.